The lowest BCUT2D eigenvalue weighted by Gasteiger charge is -2.32. The number of phenols is 1. The molecule has 3 aromatic rings. The monoisotopic (exact) mass is 574 g/mol. The van der Waals surface area contributed by atoms with E-state index in [0.29, 0.717) is 25.3 Å². The minimum atomic E-state index is -0.428. The van der Waals surface area contributed by atoms with Gasteiger partial charge in [0, 0.05) is 31.1 Å². The molecular weight excluding hydrogens is 536 g/mol. The summed E-state index contributed by atoms with van der Waals surface area (Å²) in [6.45, 7) is 12.9. The van der Waals surface area contributed by atoms with Crippen LogP contribution in [0, 0.1) is 20.8 Å². The number of hydrogen-bond donors (Lipinski definition) is 2. The molecule has 8 heteroatoms. The maximum Gasteiger partial charge on any atom is 0.286 e. The standard InChI is InChI=1S/C33H38N2O5S/c1-20-21(2)30-28(22(3)29(20)36)26(33(4,5)40-30)19-35(18-24-9-7-6-8-10-24)15-16-39-25-13-11-23(12-14-25)17-27-31(37)34-32(38)41-27/h6-14,26-27,36H,15-19H2,1-5H3,(H,34,37,38). The van der Waals surface area contributed by atoms with E-state index in [1.165, 1.54) is 5.56 Å². The van der Waals surface area contributed by atoms with Crippen molar-refractivity contribution in [3.8, 4) is 17.2 Å². The highest BCUT2D eigenvalue weighted by Gasteiger charge is 2.44. The van der Waals surface area contributed by atoms with Crippen LogP contribution in [-0.4, -0.2) is 51.7 Å². The van der Waals surface area contributed by atoms with Gasteiger partial charge in [-0.3, -0.25) is 19.8 Å². The highest BCUT2D eigenvalue weighted by Crippen LogP contribution is 2.51. The van der Waals surface area contributed by atoms with E-state index in [1.807, 2.05) is 51.1 Å². The molecule has 216 valence electrons. The molecule has 2 aliphatic heterocycles. The molecule has 0 radical (unpaired) electrons. The second-order valence-corrected chi connectivity index (χ2v) is 12.7. The van der Waals surface area contributed by atoms with Crippen molar-refractivity contribution in [1.82, 2.24) is 10.2 Å². The highest BCUT2D eigenvalue weighted by molar-refractivity contribution is 8.15. The maximum atomic E-state index is 11.9. The van der Waals surface area contributed by atoms with Crippen LogP contribution in [0.1, 0.15) is 53.1 Å². The summed E-state index contributed by atoms with van der Waals surface area (Å²) in [7, 11) is 0. The van der Waals surface area contributed by atoms with Crippen molar-refractivity contribution in [1.29, 1.82) is 0 Å². The van der Waals surface area contributed by atoms with Crippen molar-refractivity contribution in [3.05, 3.63) is 88.0 Å². The van der Waals surface area contributed by atoms with Crippen molar-refractivity contribution < 1.29 is 24.2 Å². The number of thioether (sulfide) groups is 1. The van der Waals surface area contributed by atoms with Gasteiger partial charge in [-0.15, -0.1) is 0 Å². The fourth-order valence-corrected chi connectivity index (χ4v) is 6.62. The lowest BCUT2D eigenvalue weighted by Crippen LogP contribution is -2.40. The molecule has 0 saturated carbocycles. The number of aromatic hydroxyl groups is 1. The van der Waals surface area contributed by atoms with Gasteiger partial charge in [-0.1, -0.05) is 54.2 Å². The molecular formula is C33H38N2O5S. The van der Waals surface area contributed by atoms with Gasteiger partial charge in [-0.2, -0.15) is 0 Å². The van der Waals surface area contributed by atoms with Gasteiger partial charge in [-0.05, 0) is 81.0 Å². The predicted molar refractivity (Wildman–Crippen MR) is 162 cm³/mol. The first-order chi connectivity index (χ1) is 19.5. The van der Waals surface area contributed by atoms with Gasteiger partial charge in [0.2, 0.25) is 5.91 Å². The lowest BCUT2D eigenvalue weighted by molar-refractivity contribution is -0.118. The van der Waals surface area contributed by atoms with Crippen molar-refractivity contribution in [3.63, 3.8) is 0 Å². The van der Waals surface area contributed by atoms with Crippen LogP contribution in [0.4, 0.5) is 4.79 Å². The Bertz CT molecular complexity index is 1440. The third-order valence-corrected chi connectivity index (χ3v) is 9.27. The van der Waals surface area contributed by atoms with Crippen LogP contribution in [0.25, 0.3) is 0 Å². The number of ether oxygens (including phenoxy) is 2. The molecule has 0 aliphatic carbocycles. The summed E-state index contributed by atoms with van der Waals surface area (Å²) < 4.78 is 12.7. The molecule has 41 heavy (non-hydrogen) atoms. The summed E-state index contributed by atoms with van der Waals surface area (Å²) >= 11 is 1.04. The molecule has 2 amide bonds. The average molecular weight is 575 g/mol. The van der Waals surface area contributed by atoms with Crippen molar-refractivity contribution in [2.75, 3.05) is 19.7 Å². The van der Waals surface area contributed by atoms with Crippen molar-refractivity contribution in [2.24, 2.45) is 0 Å². The SMILES string of the molecule is Cc1c(C)c2c(c(C)c1O)C(CN(CCOc1ccc(CC3SC(=O)NC3=O)cc1)Cc1ccccc1)C(C)(C)O2. The zero-order valence-corrected chi connectivity index (χ0v) is 25.1. The number of phenolic OH excluding ortho intramolecular Hbond substituents is 1. The average Bonchev–Trinajstić information content (AvgIpc) is 3.40. The quantitative estimate of drug-likeness (QED) is 0.305. The molecule has 0 spiro atoms. The molecule has 7 nitrogen and oxygen atoms in total. The van der Waals surface area contributed by atoms with E-state index in [-0.39, 0.29) is 22.3 Å². The zero-order chi connectivity index (χ0) is 29.3. The van der Waals surface area contributed by atoms with Crippen LogP contribution in [0.5, 0.6) is 17.2 Å². The van der Waals surface area contributed by atoms with Gasteiger partial charge in [0.05, 0.1) is 5.25 Å². The minimum absolute atomic E-state index is 0.0724. The molecule has 1 saturated heterocycles. The Labute approximate surface area is 246 Å². The number of carbonyl (C=O) groups excluding carboxylic acids is 2. The van der Waals surface area contributed by atoms with Crippen LogP contribution in [0.3, 0.4) is 0 Å². The molecule has 3 aromatic carbocycles. The molecule has 1 fully saturated rings. The Balaban J connectivity index is 1.29. The fourth-order valence-electron chi connectivity index (χ4n) is 5.76. The number of nitrogens with one attached hydrogen (secondary N) is 1. The molecule has 2 unspecified atom stereocenters. The van der Waals surface area contributed by atoms with Crippen LogP contribution in [0.2, 0.25) is 0 Å². The third kappa shape index (κ3) is 6.23. The van der Waals surface area contributed by atoms with E-state index < -0.39 is 5.60 Å². The number of carbonyl (C=O) groups is 2. The summed E-state index contributed by atoms with van der Waals surface area (Å²) in [5.74, 6) is 1.86. The summed E-state index contributed by atoms with van der Waals surface area (Å²) in [5.41, 5.74) is 5.64. The zero-order valence-electron chi connectivity index (χ0n) is 24.3. The molecule has 2 N–H and O–H groups in total. The lowest BCUT2D eigenvalue weighted by atomic mass is 9.82. The van der Waals surface area contributed by atoms with Gasteiger partial charge < -0.3 is 14.6 Å². The van der Waals surface area contributed by atoms with E-state index in [4.69, 9.17) is 9.47 Å². The molecule has 0 aromatic heterocycles. The Morgan fingerprint density at radius 3 is 2.34 bits per heavy atom. The second kappa shape index (κ2) is 11.8. The Morgan fingerprint density at radius 1 is 0.976 bits per heavy atom. The number of nitrogens with zero attached hydrogens (tertiary/aromatic N) is 1. The number of amides is 2. The van der Waals surface area contributed by atoms with E-state index >= 15 is 0 Å². The normalized spacial score (nSPS) is 19.3. The smallest absolute Gasteiger partial charge is 0.286 e. The minimum Gasteiger partial charge on any atom is -0.507 e. The highest BCUT2D eigenvalue weighted by atomic mass is 32.2. The van der Waals surface area contributed by atoms with Gasteiger partial charge in [-0.25, -0.2) is 0 Å². The topological polar surface area (TPSA) is 88.1 Å². The molecule has 5 rings (SSSR count). The number of benzene rings is 3. The van der Waals surface area contributed by atoms with Crippen molar-refractivity contribution in [2.45, 2.75) is 64.4 Å². The second-order valence-electron chi connectivity index (χ2n) is 11.5. The van der Waals surface area contributed by atoms with Gasteiger partial charge in [0.1, 0.15) is 29.5 Å². The first-order valence-electron chi connectivity index (χ1n) is 14.0. The molecule has 0 bridgehead atoms. The van der Waals surface area contributed by atoms with Crippen LogP contribution in [0.15, 0.2) is 54.6 Å². The summed E-state index contributed by atoms with van der Waals surface area (Å²) in [5, 5.41) is 12.5. The summed E-state index contributed by atoms with van der Waals surface area (Å²) in [6, 6.07) is 18.1. The van der Waals surface area contributed by atoms with E-state index in [2.05, 4.69) is 48.3 Å². The van der Waals surface area contributed by atoms with Gasteiger partial charge in [0.25, 0.3) is 5.24 Å². The number of rotatable bonds is 10. The first kappa shape index (κ1) is 29.0. The largest absolute Gasteiger partial charge is 0.507 e. The number of fused-ring (bicyclic) bond motifs is 1. The van der Waals surface area contributed by atoms with Crippen molar-refractivity contribution >= 4 is 22.9 Å². The fraction of sp³-hybridized carbons (Fsp3) is 0.394. The third-order valence-electron chi connectivity index (χ3n) is 8.29. The summed E-state index contributed by atoms with van der Waals surface area (Å²) in [4.78, 5) is 25.7. The van der Waals surface area contributed by atoms with E-state index in [0.717, 1.165) is 64.2 Å². The Hall–Kier alpha value is -3.49. The Morgan fingerprint density at radius 2 is 1.68 bits per heavy atom. The first-order valence-corrected chi connectivity index (χ1v) is 14.9. The summed E-state index contributed by atoms with van der Waals surface area (Å²) in [6.07, 6.45) is 0.502. The van der Waals surface area contributed by atoms with Gasteiger partial charge in [0.15, 0.2) is 0 Å². The number of imide groups is 1. The Kier molecular flexibility index (Phi) is 8.34. The molecule has 2 aliphatic rings. The molecule has 2 atom stereocenters. The van der Waals surface area contributed by atoms with E-state index in [9.17, 15) is 14.7 Å². The van der Waals surface area contributed by atoms with E-state index in [1.54, 1.807) is 0 Å². The van der Waals surface area contributed by atoms with Crippen LogP contribution >= 0.6 is 11.8 Å². The number of hydrogen-bond acceptors (Lipinski definition) is 7. The van der Waals surface area contributed by atoms with Crippen LogP contribution < -0.4 is 14.8 Å². The van der Waals surface area contributed by atoms with Crippen LogP contribution in [-0.2, 0) is 17.8 Å². The predicted octanol–water partition coefficient (Wildman–Crippen LogP) is 6.05. The molecule has 2 heterocycles. The maximum absolute atomic E-state index is 11.9. The van der Waals surface area contributed by atoms with Gasteiger partial charge >= 0.3 is 0 Å².